The molecule has 3 rings (SSSR count). The number of rotatable bonds is 5. The molecule has 0 unspecified atom stereocenters. The van der Waals surface area contributed by atoms with Gasteiger partial charge >= 0.3 is 6.61 Å². The summed E-state index contributed by atoms with van der Waals surface area (Å²) in [5.41, 5.74) is 3.98. The van der Waals surface area contributed by atoms with Crippen LogP contribution in [0.15, 0.2) is 42.5 Å². The molecule has 0 saturated carbocycles. The van der Waals surface area contributed by atoms with Crippen LogP contribution in [0.25, 0.3) is 0 Å². The van der Waals surface area contributed by atoms with Crippen molar-refractivity contribution in [3.05, 3.63) is 64.7 Å². The van der Waals surface area contributed by atoms with Gasteiger partial charge in [0.2, 0.25) is 0 Å². The van der Waals surface area contributed by atoms with E-state index in [4.69, 9.17) is 0 Å². The van der Waals surface area contributed by atoms with Crippen molar-refractivity contribution < 1.29 is 18.3 Å². The maximum atomic E-state index is 12.7. The molecule has 1 fully saturated rings. The van der Waals surface area contributed by atoms with Crippen LogP contribution in [0, 0.1) is 13.8 Å². The number of carbonyl (C=O) groups excluding carboxylic acids is 1. The minimum Gasteiger partial charge on any atom is -0.434 e. The van der Waals surface area contributed by atoms with E-state index in [0.29, 0.717) is 13.1 Å². The quantitative estimate of drug-likeness (QED) is 0.797. The Bertz CT molecular complexity index is 803. The first kappa shape index (κ1) is 19.3. The molecule has 4 nitrogen and oxygen atoms in total. The maximum Gasteiger partial charge on any atom is 0.387 e. The van der Waals surface area contributed by atoms with Gasteiger partial charge in [-0.1, -0.05) is 35.9 Å². The number of carbonyl (C=O) groups is 1. The second-order valence-corrected chi connectivity index (χ2v) is 6.87. The van der Waals surface area contributed by atoms with Gasteiger partial charge in [-0.15, -0.1) is 0 Å². The lowest BCUT2D eigenvalue weighted by atomic mass is 10.0. The minimum absolute atomic E-state index is 0.0738. The van der Waals surface area contributed by atoms with Crippen LogP contribution in [-0.2, 0) is 6.54 Å². The van der Waals surface area contributed by atoms with Gasteiger partial charge in [0.15, 0.2) is 0 Å². The first-order valence-corrected chi connectivity index (χ1v) is 9.05. The van der Waals surface area contributed by atoms with E-state index in [1.807, 2.05) is 0 Å². The Labute approximate surface area is 158 Å². The Morgan fingerprint density at radius 1 is 1.07 bits per heavy atom. The van der Waals surface area contributed by atoms with Gasteiger partial charge in [-0.2, -0.15) is 8.78 Å². The maximum absolute atomic E-state index is 12.7. The summed E-state index contributed by atoms with van der Waals surface area (Å²) in [6.45, 7) is 4.70. The van der Waals surface area contributed by atoms with Crippen LogP contribution in [0.4, 0.5) is 8.78 Å². The zero-order valence-electron chi connectivity index (χ0n) is 15.6. The van der Waals surface area contributed by atoms with Crippen molar-refractivity contribution in [2.24, 2.45) is 0 Å². The highest BCUT2D eigenvalue weighted by atomic mass is 19.3. The van der Waals surface area contributed by atoms with E-state index in [1.165, 1.54) is 28.8 Å². The first-order chi connectivity index (χ1) is 12.9. The minimum atomic E-state index is -2.95. The van der Waals surface area contributed by atoms with Crippen LogP contribution in [0.3, 0.4) is 0 Å². The highest BCUT2D eigenvalue weighted by Crippen LogP contribution is 2.23. The van der Waals surface area contributed by atoms with E-state index in [0.717, 1.165) is 19.6 Å². The van der Waals surface area contributed by atoms with Crippen molar-refractivity contribution in [3.8, 4) is 5.75 Å². The molecule has 1 saturated heterocycles. The molecular formula is C21H24F2N2O2. The van der Waals surface area contributed by atoms with E-state index in [-0.39, 0.29) is 17.2 Å². The van der Waals surface area contributed by atoms with Gasteiger partial charge in [-0.05, 0) is 37.1 Å². The fourth-order valence-electron chi connectivity index (χ4n) is 3.33. The molecular weight excluding hydrogens is 350 g/mol. The van der Waals surface area contributed by atoms with Crippen molar-refractivity contribution in [3.63, 3.8) is 0 Å². The topological polar surface area (TPSA) is 32.8 Å². The Kier molecular flexibility index (Phi) is 6.06. The molecule has 1 aliphatic rings. The van der Waals surface area contributed by atoms with Crippen molar-refractivity contribution in [2.45, 2.75) is 27.0 Å². The number of alkyl halides is 2. The molecule has 0 aromatic heterocycles. The summed E-state index contributed by atoms with van der Waals surface area (Å²) in [7, 11) is 0. The number of ether oxygens (including phenoxy) is 1. The van der Waals surface area contributed by atoms with Gasteiger partial charge < -0.3 is 9.64 Å². The number of hydrogen-bond acceptors (Lipinski definition) is 3. The summed E-state index contributed by atoms with van der Waals surface area (Å²) in [4.78, 5) is 16.8. The highest BCUT2D eigenvalue weighted by molar-refractivity contribution is 5.97. The van der Waals surface area contributed by atoms with Gasteiger partial charge in [0, 0.05) is 32.7 Å². The summed E-state index contributed by atoms with van der Waals surface area (Å²) in [6, 6.07) is 12.6. The number of piperazine rings is 1. The lowest BCUT2D eigenvalue weighted by Crippen LogP contribution is -2.48. The number of nitrogens with zero attached hydrogens (tertiary/aromatic N) is 2. The van der Waals surface area contributed by atoms with E-state index in [9.17, 15) is 13.6 Å². The number of hydrogen-bond donors (Lipinski definition) is 0. The Morgan fingerprint density at radius 3 is 2.48 bits per heavy atom. The molecule has 0 bridgehead atoms. The lowest BCUT2D eigenvalue weighted by Gasteiger charge is -2.35. The summed E-state index contributed by atoms with van der Waals surface area (Å²) >= 11 is 0. The summed E-state index contributed by atoms with van der Waals surface area (Å²) in [6.07, 6.45) is 0. The number of aryl methyl sites for hydroxylation is 2. The molecule has 0 atom stereocenters. The molecule has 0 radical (unpaired) electrons. The zero-order valence-corrected chi connectivity index (χ0v) is 15.6. The number of benzene rings is 2. The van der Waals surface area contributed by atoms with E-state index in [1.54, 1.807) is 17.0 Å². The molecule has 144 valence electrons. The third-order valence-electron chi connectivity index (χ3n) is 4.89. The second kappa shape index (κ2) is 8.48. The third-order valence-corrected chi connectivity index (χ3v) is 4.89. The molecule has 1 amide bonds. The third kappa shape index (κ3) is 4.83. The Balaban J connectivity index is 1.62. The predicted octanol–water partition coefficient (Wildman–Crippen LogP) is 3.86. The molecule has 1 aliphatic heterocycles. The normalized spacial score (nSPS) is 15.2. The zero-order chi connectivity index (χ0) is 19.4. The standard InChI is InChI=1S/C21H24F2N2O2/c1-15-7-8-16(2)17(13-15)14-24-9-11-25(12-10-24)20(26)18-5-3-4-6-19(18)27-21(22)23/h3-8,13,21H,9-12,14H2,1-2H3. The fraction of sp³-hybridized carbons (Fsp3) is 0.381. The summed E-state index contributed by atoms with van der Waals surface area (Å²) in [5, 5.41) is 0. The smallest absolute Gasteiger partial charge is 0.387 e. The van der Waals surface area contributed by atoms with Crippen LogP contribution in [0.5, 0.6) is 5.75 Å². The van der Waals surface area contributed by atoms with Crippen LogP contribution < -0.4 is 4.74 Å². The van der Waals surface area contributed by atoms with Crippen molar-refractivity contribution in [1.82, 2.24) is 9.80 Å². The van der Waals surface area contributed by atoms with Crippen LogP contribution in [0.2, 0.25) is 0 Å². The van der Waals surface area contributed by atoms with Gasteiger partial charge in [0.05, 0.1) is 5.56 Å². The number of amides is 1. The fourth-order valence-corrected chi connectivity index (χ4v) is 3.33. The monoisotopic (exact) mass is 374 g/mol. The SMILES string of the molecule is Cc1ccc(C)c(CN2CCN(C(=O)c3ccccc3OC(F)F)CC2)c1. The van der Waals surface area contributed by atoms with Crippen LogP contribution >= 0.6 is 0 Å². The molecule has 0 N–H and O–H groups in total. The van der Waals surface area contributed by atoms with Crippen LogP contribution in [-0.4, -0.2) is 48.5 Å². The number of halogens is 2. The molecule has 27 heavy (non-hydrogen) atoms. The van der Waals surface area contributed by atoms with Crippen molar-refractivity contribution in [2.75, 3.05) is 26.2 Å². The Hall–Kier alpha value is -2.47. The number of para-hydroxylation sites is 1. The molecule has 1 heterocycles. The first-order valence-electron chi connectivity index (χ1n) is 9.05. The van der Waals surface area contributed by atoms with E-state index in [2.05, 4.69) is 41.7 Å². The average molecular weight is 374 g/mol. The van der Waals surface area contributed by atoms with Gasteiger partial charge in [0.1, 0.15) is 5.75 Å². The summed E-state index contributed by atoms with van der Waals surface area (Å²) in [5.74, 6) is -0.340. The second-order valence-electron chi connectivity index (χ2n) is 6.87. The Morgan fingerprint density at radius 2 is 1.78 bits per heavy atom. The van der Waals surface area contributed by atoms with Crippen LogP contribution in [0.1, 0.15) is 27.0 Å². The van der Waals surface area contributed by atoms with E-state index >= 15 is 0 Å². The summed E-state index contributed by atoms with van der Waals surface area (Å²) < 4.78 is 29.6. The molecule has 2 aromatic carbocycles. The molecule has 0 spiro atoms. The largest absolute Gasteiger partial charge is 0.434 e. The lowest BCUT2D eigenvalue weighted by molar-refractivity contribution is -0.0503. The molecule has 2 aromatic rings. The molecule has 0 aliphatic carbocycles. The predicted molar refractivity (Wildman–Crippen MR) is 100 cm³/mol. The highest BCUT2D eigenvalue weighted by Gasteiger charge is 2.25. The van der Waals surface area contributed by atoms with Gasteiger partial charge in [-0.25, -0.2) is 0 Å². The van der Waals surface area contributed by atoms with Crippen molar-refractivity contribution >= 4 is 5.91 Å². The van der Waals surface area contributed by atoms with E-state index < -0.39 is 6.61 Å². The molecule has 6 heteroatoms. The van der Waals surface area contributed by atoms with Gasteiger partial charge in [0.25, 0.3) is 5.91 Å². The van der Waals surface area contributed by atoms with Gasteiger partial charge in [-0.3, -0.25) is 9.69 Å². The average Bonchev–Trinajstić information content (AvgIpc) is 2.65. The van der Waals surface area contributed by atoms with Crippen molar-refractivity contribution in [1.29, 1.82) is 0 Å².